The van der Waals surface area contributed by atoms with Gasteiger partial charge < -0.3 is 24.5 Å². The molecule has 0 amide bonds. The van der Waals surface area contributed by atoms with Gasteiger partial charge in [-0.3, -0.25) is 0 Å². The van der Waals surface area contributed by atoms with Crippen molar-refractivity contribution in [2.75, 3.05) is 32.3 Å². The average molecular weight is 401 g/mol. The fourth-order valence-electron chi connectivity index (χ4n) is 2.51. The molecular weight excluding hydrogens is 374 g/mol. The quantitative estimate of drug-likeness (QED) is 0.221. The zero-order valence-corrected chi connectivity index (χ0v) is 16.7. The Bertz CT molecular complexity index is 649. The lowest BCUT2D eigenvalue weighted by molar-refractivity contribution is -0.757. The van der Waals surface area contributed by atoms with Gasteiger partial charge in [0, 0.05) is 16.9 Å². The number of nitrogens with zero attached hydrogens (tertiary/aromatic N) is 1. The summed E-state index contributed by atoms with van der Waals surface area (Å²) < 4.78 is 10.2. The molecule has 9 heteroatoms. The van der Waals surface area contributed by atoms with Crippen molar-refractivity contribution in [2.24, 2.45) is 0 Å². The van der Waals surface area contributed by atoms with Crippen LogP contribution in [-0.4, -0.2) is 47.6 Å². The largest absolute Gasteiger partial charge is 0.504 e. The lowest BCUT2D eigenvalue weighted by atomic mass is 10.0. The number of unbranched alkanes of at least 4 members (excludes halogenated alkanes) is 3. The van der Waals surface area contributed by atoms with Crippen LogP contribution < -0.4 is 9.47 Å². The van der Waals surface area contributed by atoms with Crippen LogP contribution in [0.15, 0.2) is 6.08 Å². The second kappa shape index (κ2) is 12.2. The predicted octanol–water partition coefficient (Wildman–Crippen LogP) is 3.94. The van der Waals surface area contributed by atoms with E-state index in [4.69, 9.17) is 9.47 Å². The van der Waals surface area contributed by atoms with Gasteiger partial charge in [-0.2, -0.15) is 11.8 Å². The van der Waals surface area contributed by atoms with Gasteiger partial charge in [0.05, 0.1) is 20.8 Å². The molecule has 2 N–H and O–H groups in total. The second-order valence-electron chi connectivity index (χ2n) is 5.75. The zero-order valence-electron chi connectivity index (χ0n) is 15.9. The van der Waals surface area contributed by atoms with Crippen LogP contribution in [0.1, 0.15) is 36.8 Å². The molecule has 0 fully saturated rings. The Morgan fingerprint density at radius 1 is 1.07 bits per heavy atom. The smallest absolute Gasteiger partial charge is 0.294 e. The zero-order chi connectivity index (χ0) is 20.2. The summed E-state index contributed by atoms with van der Waals surface area (Å²) in [4.78, 5) is 14.3. The standard InChI is InChI=1S/C18H27NO7S/c1-13-14(16(21)18(25-3)17(24-2)15(13)20)9-8-12-27-11-7-5-4-6-10-26-19(22)23/h8-9,20-21H,4-7,10-12H2,1-3H3. The molecule has 0 aliphatic heterocycles. The van der Waals surface area contributed by atoms with Crippen molar-refractivity contribution in [2.45, 2.75) is 32.6 Å². The van der Waals surface area contributed by atoms with E-state index in [1.807, 2.05) is 6.08 Å². The maximum Gasteiger partial charge on any atom is 0.294 e. The first-order valence-electron chi connectivity index (χ1n) is 8.62. The molecule has 1 rings (SSSR count). The molecule has 0 saturated carbocycles. The molecule has 152 valence electrons. The van der Waals surface area contributed by atoms with Gasteiger partial charge in [0.25, 0.3) is 5.09 Å². The first-order valence-corrected chi connectivity index (χ1v) is 9.77. The molecule has 0 spiro atoms. The summed E-state index contributed by atoms with van der Waals surface area (Å²) in [6.45, 7) is 1.86. The molecule has 0 heterocycles. The maximum absolute atomic E-state index is 10.4. The second-order valence-corrected chi connectivity index (χ2v) is 6.90. The van der Waals surface area contributed by atoms with Gasteiger partial charge in [0.2, 0.25) is 11.5 Å². The molecule has 0 saturated heterocycles. The molecule has 1 aromatic carbocycles. The van der Waals surface area contributed by atoms with Gasteiger partial charge in [-0.15, -0.1) is 10.1 Å². The number of hydrogen-bond acceptors (Lipinski definition) is 8. The van der Waals surface area contributed by atoms with E-state index in [0.717, 1.165) is 30.8 Å². The molecule has 1 aromatic rings. The van der Waals surface area contributed by atoms with E-state index in [1.165, 1.54) is 14.2 Å². The molecule has 0 atom stereocenters. The van der Waals surface area contributed by atoms with Crippen LogP contribution in [0.5, 0.6) is 23.0 Å². The fraction of sp³-hybridized carbons (Fsp3) is 0.556. The van der Waals surface area contributed by atoms with Crippen LogP contribution in [-0.2, 0) is 4.84 Å². The van der Waals surface area contributed by atoms with Crippen molar-refractivity contribution in [3.63, 3.8) is 0 Å². The highest BCUT2D eigenvalue weighted by Crippen LogP contribution is 2.48. The van der Waals surface area contributed by atoms with Crippen LogP contribution in [0, 0.1) is 17.0 Å². The number of rotatable bonds is 13. The molecule has 0 aliphatic rings. The van der Waals surface area contributed by atoms with Crippen molar-refractivity contribution in [3.05, 3.63) is 27.3 Å². The molecular formula is C18H27NO7S. The summed E-state index contributed by atoms with van der Waals surface area (Å²) >= 11 is 1.75. The van der Waals surface area contributed by atoms with E-state index in [9.17, 15) is 20.3 Å². The fourth-order valence-corrected chi connectivity index (χ4v) is 3.32. The van der Waals surface area contributed by atoms with E-state index in [2.05, 4.69) is 4.84 Å². The van der Waals surface area contributed by atoms with Crippen molar-refractivity contribution in [3.8, 4) is 23.0 Å². The normalized spacial score (nSPS) is 10.9. The number of hydrogen-bond donors (Lipinski definition) is 2. The minimum absolute atomic E-state index is 0.0551. The molecule has 0 aromatic heterocycles. The van der Waals surface area contributed by atoms with Crippen LogP contribution >= 0.6 is 11.8 Å². The Hall–Kier alpha value is -2.29. The maximum atomic E-state index is 10.4. The Labute approximate surface area is 163 Å². The van der Waals surface area contributed by atoms with Gasteiger partial charge in [-0.05, 0) is 25.5 Å². The number of benzene rings is 1. The van der Waals surface area contributed by atoms with E-state index >= 15 is 0 Å². The third kappa shape index (κ3) is 7.09. The van der Waals surface area contributed by atoms with Crippen LogP contribution in [0.2, 0.25) is 0 Å². The monoisotopic (exact) mass is 401 g/mol. The van der Waals surface area contributed by atoms with Gasteiger partial charge in [-0.25, -0.2) is 0 Å². The van der Waals surface area contributed by atoms with Gasteiger partial charge in [-0.1, -0.05) is 25.0 Å². The first-order chi connectivity index (χ1) is 12.9. The molecule has 0 radical (unpaired) electrons. The highest BCUT2D eigenvalue weighted by atomic mass is 32.2. The van der Waals surface area contributed by atoms with Crippen molar-refractivity contribution in [1.29, 1.82) is 0 Å². The number of aromatic hydroxyl groups is 2. The Morgan fingerprint density at radius 2 is 1.70 bits per heavy atom. The van der Waals surface area contributed by atoms with Crippen LogP contribution in [0.25, 0.3) is 6.08 Å². The molecule has 0 aliphatic carbocycles. The summed E-state index contributed by atoms with van der Waals surface area (Å²) in [7, 11) is 2.80. The number of ether oxygens (including phenoxy) is 2. The van der Waals surface area contributed by atoms with Crippen molar-refractivity contribution >= 4 is 17.8 Å². The lowest BCUT2D eigenvalue weighted by Crippen LogP contribution is -2.01. The number of methoxy groups -OCH3 is 2. The number of phenolic OH excluding ortho intramolecular Hbond substituents is 2. The van der Waals surface area contributed by atoms with Gasteiger partial charge in [0.1, 0.15) is 0 Å². The van der Waals surface area contributed by atoms with Crippen LogP contribution in [0.3, 0.4) is 0 Å². The van der Waals surface area contributed by atoms with E-state index in [1.54, 1.807) is 24.8 Å². The van der Waals surface area contributed by atoms with E-state index < -0.39 is 5.09 Å². The Balaban J connectivity index is 2.41. The molecule has 8 nitrogen and oxygen atoms in total. The highest BCUT2D eigenvalue weighted by molar-refractivity contribution is 7.99. The molecule has 27 heavy (non-hydrogen) atoms. The van der Waals surface area contributed by atoms with Gasteiger partial charge >= 0.3 is 0 Å². The van der Waals surface area contributed by atoms with Crippen molar-refractivity contribution < 1.29 is 29.6 Å². The third-order valence-corrected chi connectivity index (χ3v) is 4.94. The van der Waals surface area contributed by atoms with E-state index in [-0.39, 0.29) is 29.6 Å². The van der Waals surface area contributed by atoms with Crippen LogP contribution in [0.4, 0.5) is 0 Å². The number of thioether (sulfide) groups is 1. The number of phenols is 2. The summed E-state index contributed by atoms with van der Waals surface area (Å²) in [5.41, 5.74) is 1.01. The minimum atomic E-state index is -0.764. The van der Waals surface area contributed by atoms with Crippen molar-refractivity contribution in [1.82, 2.24) is 0 Å². The average Bonchev–Trinajstić information content (AvgIpc) is 2.64. The Kier molecular flexibility index (Phi) is 10.2. The van der Waals surface area contributed by atoms with E-state index in [0.29, 0.717) is 17.5 Å². The summed E-state index contributed by atoms with van der Waals surface area (Å²) in [6, 6.07) is 0. The first kappa shape index (κ1) is 22.8. The SMILES string of the molecule is COc1c(O)c(C)c(C=CCSCCCCCCO[N+](=O)[O-])c(O)c1OC. The molecule has 0 bridgehead atoms. The topological polar surface area (TPSA) is 111 Å². The predicted molar refractivity (Wildman–Crippen MR) is 105 cm³/mol. The minimum Gasteiger partial charge on any atom is -0.504 e. The summed E-state index contributed by atoms with van der Waals surface area (Å²) in [5.74, 6) is 1.83. The Morgan fingerprint density at radius 3 is 2.33 bits per heavy atom. The highest BCUT2D eigenvalue weighted by Gasteiger charge is 2.21. The molecule has 0 unspecified atom stereocenters. The summed E-state index contributed by atoms with van der Waals surface area (Å²) in [5, 5.41) is 29.8. The third-order valence-electron chi connectivity index (χ3n) is 3.94. The summed E-state index contributed by atoms with van der Waals surface area (Å²) in [6.07, 6.45) is 7.30. The van der Waals surface area contributed by atoms with Gasteiger partial charge in [0.15, 0.2) is 11.5 Å². The lowest BCUT2D eigenvalue weighted by Gasteiger charge is -2.16.